The molecule has 1 aliphatic heterocycles. The van der Waals surface area contributed by atoms with Crippen LogP contribution < -0.4 is 0 Å². The van der Waals surface area contributed by atoms with E-state index in [0.717, 1.165) is 10.9 Å². The standard InChI is InChI=1S/C15H15ClN2O2/c1-10-9-18(6-7-20-10)15(19)12-8-14(16)17-13-5-3-2-4-11(12)13/h2-5,8,10H,6-7,9H2,1H3. The van der Waals surface area contributed by atoms with Crippen LogP contribution in [0, 0.1) is 0 Å². The highest BCUT2D eigenvalue weighted by Gasteiger charge is 2.24. The summed E-state index contributed by atoms with van der Waals surface area (Å²) in [6.07, 6.45) is 0.0660. The minimum Gasteiger partial charge on any atom is -0.375 e. The van der Waals surface area contributed by atoms with Gasteiger partial charge in [-0.05, 0) is 19.1 Å². The molecule has 0 saturated carbocycles. The lowest BCUT2D eigenvalue weighted by atomic mass is 10.1. The summed E-state index contributed by atoms with van der Waals surface area (Å²) in [6, 6.07) is 9.19. The van der Waals surface area contributed by atoms with E-state index in [9.17, 15) is 4.79 Å². The van der Waals surface area contributed by atoms with E-state index in [4.69, 9.17) is 16.3 Å². The minimum absolute atomic E-state index is 0.0133. The van der Waals surface area contributed by atoms with Crippen molar-refractivity contribution in [2.75, 3.05) is 19.7 Å². The van der Waals surface area contributed by atoms with Crippen LogP contribution in [0.15, 0.2) is 30.3 Å². The first-order chi connectivity index (χ1) is 9.65. The molecule has 3 rings (SSSR count). The Labute approximate surface area is 122 Å². The summed E-state index contributed by atoms with van der Waals surface area (Å²) < 4.78 is 5.47. The van der Waals surface area contributed by atoms with Gasteiger partial charge in [-0.2, -0.15) is 0 Å². The van der Waals surface area contributed by atoms with Crippen LogP contribution in [0.5, 0.6) is 0 Å². The number of halogens is 1. The molecule has 1 unspecified atom stereocenters. The first-order valence-electron chi connectivity index (χ1n) is 6.61. The van der Waals surface area contributed by atoms with Crippen molar-refractivity contribution in [1.29, 1.82) is 0 Å². The average molecular weight is 291 g/mol. The van der Waals surface area contributed by atoms with Gasteiger partial charge >= 0.3 is 0 Å². The lowest BCUT2D eigenvalue weighted by molar-refractivity contribution is -0.0123. The van der Waals surface area contributed by atoms with Crippen LogP contribution in [0.4, 0.5) is 0 Å². The molecule has 0 spiro atoms. The highest BCUT2D eigenvalue weighted by atomic mass is 35.5. The number of rotatable bonds is 1. The van der Waals surface area contributed by atoms with E-state index >= 15 is 0 Å². The molecule has 1 amide bonds. The summed E-state index contributed by atoms with van der Waals surface area (Å²) in [4.78, 5) is 18.8. The quantitative estimate of drug-likeness (QED) is 0.759. The van der Waals surface area contributed by atoms with Crippen LogP contribution in [-0.4, -0.2) is 41.6 Å². The Morgan fingerprint density at radius 3 is 3.05 bits per heavy atom. The number of benzene rings is 1. The molecule has 0 aliphatic carbocycles. The number of carbonyl (C=O) groups is 1. The molecule has 5 heteroatoms. The fourth-order valence-electron chi connectivity index (χ4n) is 2.49. The topological polar surface area (TPSA) is 42.4 Å². The second-order valence-electron chi connectivity index (χ2n) is 4.94. The van der Waals surface area contributed by atoms with Crippen molar-refractivity contribution < 1.29 is 9.53 Å². The third-order valence-electron chi connectivity index (χ3n) is 3.44. The minimum atomic E-state index is -0.0133. The fraction of sp³-hybridized carbons (Fsp3) is 0.333. The predicted octanol–water partition coefficient (Wildman–Crippen LogP) is 2.75. The maximum absolute atomic E-state index is 12.7. The second kappa shape index (κ2) is 5.38. The summed E-state index contributed by atoms with van der Waals surface area (Å²) in [7, 11) is 0. The van der Waals surface area contributed by atoms with Crippen molar-refractivity contribution in [2.45, 2.75) is 13.0 Å². The number of para-hydroxylation sites is 1. The fourth-order valence-corrected chi connectivity index (χ4v) is 2.69. The van der Waals surface area contributed by atoms with E-state index in [-0.39, 0.29) is 12.0 Å². The molecule has 0 bridgehead atoms. The zero-order valence-corrected chi connectivity index (χ0v) is 11.9. The van der Waals surface area contributed by atoms with Crippen LogP contribution in [-0.2, 0) is 4.74 Å². The molecule has 20 heavy (non-hydrogen) atoms. The smallest absolute Gasteiger partial charge is 0.254 e. The van der Waals surface area contributed by atoms with Gasteiger partial charge in [-0.3, -0.25) is 4.79 Å². The van der Waals surface area contributed by atoms with Gasteiger partial charge in [-0.1, -0.05) is 29.8 Å². The summed E-state index contributed by atoms with van der Waals surface area (Å²) in [5.74, 6) is -0.0133. The molecule has 1 aromatic heterocycles. The Morgan fingerprint density at radius 2 is 2.25 bits per heavy atom. The number of pyridine rings is 1. The molecule has 1 saturated heterocycles. The molecule has 4 nitrogen and oxygen atoms in total. The number of fused-ring (bicyclic) bond motifs is 1. The zero-order valence-electron chi connectivity index (χ0n) is 11.2. The van der Waals surface area contributed by atoms with Crippen LogP contribution in [0.1, 0.15) is 17.3 Å². The van der Waals surface area contributed by atoms with Gasteiger partial charge in [0.15, 0.2) is 0 Å². The summed E-state index contributed by atoms with van der Waals surface area (Å²) in [6.45, 7) is 3.76. The molecule has 0 radical (unpaired) electrons. The molecule has 104 valence electrons. The van der Waals surface area contributed by atoms with Gasteiger partial charge in [0.1, 0.15) is 5.15 Å². The second-order valence-corrected chi connectivity index (χ2v) is 5.33. The third kappa shape index (κ3) is 2.49. The molecule has 1 fully saturated rings. The van der Waals surface area contributed by atoms with Crippen LogP contribution in [0.3, 0.4) is 0 Å². The molecule has 1 atom stereocenters. The maximum atomic E-state index is 12.7. The first-order valence-corrected chi connectivity index (χ1v) is 6.99. The molecule has 2 aromatic rings. The lowest BCUT2D eigenvalue weighted by Crippen LogP contribution is -2.44. The van der Waals surface area contributed by atoms with Crippen LogP contribution in [0.25, 0.3) is 10.9 Å². The van der Waals surface area contributed by atoms with E-state index in [1.54, 1.807) is 6.07 Å². The summed E-state index contributed by atoms with van der Waals surface area (Å²) >= 11 is 6.03. The third-order valence-corrected chi connectivity index (χ3v) is 3.64. The monoisotopic (exact) mass is 290 g/mol. The Hall–Kier alpha value is -1.65. The number of hydrogen-bond donors (Lipinski definition) is 0. The summed E-state index contributed by atoms with van der Waals surface area (Å²) in [5, 5.41) is 1.18. The van der Waals surface area contributed by atoms with Crippen LogP contribution in [0.2, 0.25) is 5.15 Å². The van der Waals surface area contributed by atoms with Gasteiger partial charge in [-0.25, -0.2) is 4.98 Å². The Morgan fingerprint density at radius 1 is 1.45 bits per heavy atom. The molecule has 0 N–H and O–H groups in total. The van der Waals surface area contributed by atoms with Crippen molar-refractivity contribution in [3.63, 3.8) is 0 Å². The van der Waals surface area contributed by atoms with E-state index < -0.39 is 0 Å². The van der Waals surface area contributed by atoms with Crippen molar-refractivity contribution >= 4 is 28.4 Å². The Bertz CT molecular complexity index is 659. The zero-order chi connectivity index (χ0) is 14.1. The number of hydrogen-bond acceptors (Lipinski definition) is 3. The Balaban J connectivity index is 2.02. The van der Waals surface area contributed by atoms with Gasteiger partial charge in [-0.15, -0.1) is 0 Å². The Kier molecular flexibility index (Phi) is 3.59. The number of nitrogens with zero attached hydrogens (tertiary/aromatic N) is 2. The number of amides is 1. The normalized spacial score (nSPS) is 19.3. The van der Waals surface area contributed by atoms with Gasteiger partial charge in [0.25, 0.3) is 5.91 Å². The average Bonchev–Trinajstić information content (AvgIpc) is 2.45. The predicted molar refractivity (Wildman–Crippen MR) is 78.1 cm³/mol. The number of carbonyl (C=O) groups excluding carboxylic acids is 1. The number of morpholine rings is 1. The lowest BCUT2D eigenvalue weighted by Gasteiger charge is -2.31. The van der Waals surface area contributed by atoms with Crippen molar-refractivity contribution in [3.05, 3.63) is 41.0 Å². The molecule has 1 aliphatic rings. The number of ether oxygens (including phenoxy) is 1. The highest BCUT2D eigenvalue weighted by Crippen LogP contribution is 2.23. The molecule has 1 aromatic carbocycles. The van der Waals surface area contributed by atoms with Gasteiger partial charge < -0.3 is 9.64 Å². The summed E-state index contributed by atoms with van der Waals surface area (Å²) in [5.41, 5.74) is 1.35. The van der Waals surface area contributed by atoms with Gasteiger partial charge in [0.2, 0.25) is 0 Å². The van der Waals surface area contributed by atoms with E-state index in [1.807, 2.05) is 36.1 Å². The van der Waals surface area contributed by atoms with Crippen molar-refractivity contribution in [2.24, 2.45) is 0 Å². The first kappa shape index (κ1) is 13.3. The largest absolute Gasteiger partial charge is 0.375 e. The van der Waals surface area contributed by atoms with Gasteiger partial charge in [0, 0.05) is 18.5 Å². The van der Waals surface area contributed by atoms with E-state index in [0.29, 0.717) is 30.4 Å². The van der Waals surface area contributed by atoms with Crippen molar-refractivity contribution in [1.82, 2.24) is 9.88 Å². The van der Waals surface area contributed by atoms with E-state index in [2.05, 4.69) is 4.98 Å². The number of aromatic nitrogens is 1. The SMILES string of the molecule is CC1CN(C(=O)c2cc(Cl)nc3ccccc23)CCO1. The molecular weight excluding hydrogens is 276 g/mol. The van der Waals surface area contributed by atoms with Crippen molar-refractivity contribution in [3.8, 4) is 0 Å². The molecular formula is C15H15ClN2O2. The van der Waals surface area contributed by atoms with Crippen LogP contribution >= 0.6 is 11.6 Å². The molecule has 2 heterocycles. The van der Waals surface area contributed by atoms with E-state index in [1.165, 1.54) is 0 Å². The highest BCUT2D eigenvalue weighted by molar-refractivity contribution is 6.30. The van der Waals surface area contributed by atoms with Gasteiger partial charge in [0.05, 0.1) is 23.8 Å². The maximum Gasteiger partial charge on any atom is 0.254 e.